The van der Waals surface area contributed by atoms with Crippen LogP contribution in [0.2, 0.25) is 0 Å². The molecular formula is C12H14Br2N2S2. The zero-order valence-electron chi connectivity index (χ0n) is 10.3. The summed E-state index contributed by atoms with van der Waals surface area (Å²) in [5.41, 5.74) is 1.08. The Morgan fingerprint density at radius 1 is 1.33 bits per heavy atom. The summed E-state index contributed by atoms with van der Waals surface area (Å²) in [5, 5.41) is 6.81. The molecule has 1 N–H and O–H groups in total. The zero-order chi connectivity index (χ0) is 13.3. The molecule has 0 fully saturated rings. The van der Waals surface area contributed by atoms with Gasteiger partial charge in [-0.15, -0.1) is 22.7 Å². The van der Waals surface area contributed by atoms with Crippen molar-refractivity contribution in [3.8, 4) is 0 Å². The van der Waals surface area contributed by atoms with E-state index >= 15 is 0 Å². The summed E-state index contributed by atoms with van der Waals surface area (Å²) in [6.07, 6.45) is 0. The first-order valence-electron chi connectivity index (χ1n) is 5.60. The van der Waals surface area contributed by atoms with Crippen LogP contribution in [0.15, 0.2) is 19.7 Å². The van der Waals surface area contributed by atoms with Crippen LogP contribution in [0, 0.1) is 6.92 Å². The van der Waals surface area contributed by atoms with Crippen LogP contribution in [0.4, 0.5) is 0 Å². The average molecular weight is 410 g/mol. The van der Waals surface area contributed by atoms with E-state index < -0.39 is 0 Å². The Morgan fingerprint density at radius 3 is 2.50 bits per heavy atom. The van der Waals surface area contributed by atoms with Gasteiger partial charge in [0, 0.05) is 26.5 Å². The fraction of sp³-hybridized carbons (Fsp3) is 0.417. The summed E-state index contributed by atoms with van der Waals surface area (Å²) < 4.78 is 2.23. The molecule has 18 heavy (non-hydrogen) atoms. The van der Waals surface area contributed by atoms with E-state index in [0.29, 0.717) is 6.04 Å². The Kier molecular flexibility index (Phi) is 4.99. The predicted molar refractivity (Wildman–Crippen MR) is 86.7 cm³/mol. The molecule has 6 heteroatoms. The summed E-state index contributed by atoms with van der Waals surface area (Å²) in [6, 6.07) is 2.75. The molecule has 2 rings (SSSR count). The largest absolute Gasteiger partial charge is 0.301 e. The average Bonchev–Trinajstić information content (AvgIpc) is 2.83. The van der Waals surface area contributed by atoms with Gasteiger partial charge in [-0.05, 0) is 58.7 Å². The predicted octanol–water partition coefficient (Wildman–Crippen LogP) is 5.13. The van der Waals surface area contributed by atoms with Crippen LogP contribution < -0.4 is 5.32 Å². The number of hydrogen-bond donors (Lipinski definition) is 1. The molecular weight excluding hydrogens is 396 g/mol. The van der Waals surface area contributed by atoms with Crippen LogP contribution in [0.1, 0.15) is 35.5 Å². The normalized spacial score (nSPS) is 13.2. The van der Waals surface area contributed by atoms with E-state index in [1.54, 1.807) is 22.7 Å². The second-order valence-corrected chi connectivity index (χ2v) is 8.50. The van der Waals surface area contributed by atoms with Crippen LogP contribution in [-0.2, 0) is 0 Å². The van der Waals surface area contributed by atoms with Crippen LogP contribution in [0.25, 0.3) is 0 Å². The molecule has 0 saturated carbocycles. The molecule has 2 aromatic rings. The van der Waals surface area contributed by atoms with E-state index in [0.717, 1.165) is 19.0 Å². The summed E-state index contributed by atoms with van der Waals surface area (Å²) in [5.74, 6) is 0. The Bertz CT molecular complexity index is 514. The van der Waals surface area contributed by atoms with Crippen LogP contribution in [-0.4, -0.2) is 11.0 Å². The molecule has 0 amide bonds. The van der Waals surface area contributed by atoms with E-state index in [-0.39, 0.29) is 6.04 Å². The maximum Gasteiger partial charge on any atom is 0.115 e. The molecule has 0 spiro atoms. The minimum atomic E-state index is 0.177. The highest BCUT2D eigenvalue weighted by atomic mass is 79.9. The molecule has 1 atom stereocenters. The van der Waals surface area contributed by atoms with Crippen molar-refractivity contribution in [3.05, 3.63) is 35.3 Å². The summed E-state index contributed by atoms with van der Waals surface area (Å²) in [4.78, 5) is 5.89. The highest BCUT2D eigenvalue weighted by molar-refractivity contribution is 9.13. The molecule has 0 radical (unpaired) electrons. The number of thiophene rings is 1. The van der Waals surface area contributed by atoms with Crippen molar-refractivity contribution >= 4 is 54.5 Å². The van der Waals surface area contributed by atoms with E-state index in [9.17, 15) is 0 Å². The number of thiazole rings is 1. The molecule has 2 nitrogen and oxygen atoms in total. The van der Waals surface area contributed by atoms with Gasteiger partial charge in [0.1, 0.15) is 5.01 Å². The first-order chi connectivity index (χ1) is 8.47. The molecule has 0 aromatic carbocycles. The van der Waals surface area contributed by atoms with E-state index in [2.05, 4.69) is 67.5 Å². The van der Waals surface area contributed by atoms with Crippen LogP contribution >= 0.6 is 54.5 Å². The lowest BCUT2D eigenvalue weighted by Gasteiger charge is -2.17. The van der Waals surface area contributed by atoms with Crippen molar-refractivity contribution in [1.29, 1.82) is 0 Å². The minimum absolute atomic E-state index is 0.177. The van der Waals surface area contributed by atoms with Crippen molar-refractivity contribution in [3.63, 3.8) is 0 Å². The van der Waals surface area contributed by atoms with Crippen molar-refractivity contribution < 1.29 is 0 Å². The van der Waals surface area contributed by atoms with Crippen molar-refractivity contribution in [2.24, 2.45) is 0 Å². The third-order valence-electron chi connectivity index (χ3n) is 2.33. The van der Waals surface area contributed by atoms with Gasteiger partial charge in [-0.25, -0.2) is 4.98 Å². The quantitative estimate of drug-likeness (QED) is 0.757. The molecule has 0 aliphatic carbocycles. The molecule has 0 saturated heterocycles. The number of halogens is 2. The van der Waals surface area contributed by atoms with Gasteiger partial charge in [-0.3, -0.25) is 0 Å². The van der Waals surface area contributed by atoms with E-state index in [1.807, 2.05) is 6.92 Å². The Morgan fingerprint density at radius 2 is 2.06 bits per heavy atom. The topological polar surface area (TPSA) is 24.9 Å². The van der Waals surface area contributed by atoms with Gasteiger partial charge in [-0.2, -0.15) is 0 Å². The van der Waals surface area contributed by atoms with Gasteiger partial charge in [-0.1, -0.05) is 0 Å². The number of rotatable bonds is 4. The van der Waals surface area contributed by atoms with Crippen LogP contribution in [0.5, 0.6) is 0 Å². The molecule has 0 bridgehead atoms. The molecule has 98 valence electrons. The number of aromatic nitrogens is 1. The Balaban J connectivity index is 2.36. The third kappa shape index (κ3) is 3.42. The van der Waals surface area contributed by atoms with Crippen molar-refractivity contribution in [2.75, 3.05) is 0 Å². The minimum Gasteiger partial charge on any atom is -0.301 e. The smallest absolute Gasteiger partial charge is 0.115 e. The second kappa shape index (κ2) is 6.13. The van der Waals surface area contributed by atoms with Gasteiger partial charge < -0.3 is 5.32 Å². The number of hydrogen-bond acceptors (Lipinski definition) is 4. The third-order valence-corrected chi connectivity index (χ3v) is 6.68. The summed E-state index contributed by atoms with van der Waals surface area (Å²) in [7, 11) is 0. The first kappa shape index (κ1) is 14.7. The van der Waals surface area contributed by atoms with Gasteiger partial charge in [0.2, 0.25) is 0 Å². The highest BCUT2D eigenvalue weighted by Crippen LogP contribution is 2.38. The standard InChI is InChI=1S/C12H14Br2N2S2/c1-6(2)15-10(12-16-7(3)5-17-12)9-4-8(13)11(14)18-9/h4-6,10,15H,1-3H3. The molecule has 2 aromatic heterocycles. The van der Waals surface area contributed by atoms with Crippen molar-refractivity contribution in [1.82, 2.24) is 10.3 Å². The van der Waals surface area contributed by atoms with Crippen LogP contribution in [0.3, 0.4) is 0 Å². The highest BCUT2D eigenvalue weighted by Gasteiger charge is 2.21. The van der Waals surface area contributed by atoms with Gasteiger partial charge in [0.15, 0.2) is 0 Å². The molecule has 0 aliphatic heterocycles. The lowest BCUT2D eigenvalue weighted by atomic mass is 10.2. The zero-order valence-corrected chi connectivity index (χ0v) is 15.1. The lowest BCUT2D eigenvalue weighted by Crippen LogP contribution is -2.28. The summed E-state index contributed by atoms with van der Waals surface area (Å²) >= 11 is 10.6. The Labute approximate surface area is 132 Å². The fourth-order valence-corrected chi connectivity index (χ4v) is 4.72. The Hall–Kier alpha value is 0.250. The number of nitrogens with one attached hydrogen (secondary N) is 1. The van der Waals surface area contributed by atoms with Crippen molar-refractivity contribution in [2.45, 2.75) is 32.9 Å². The summed E-state index contributed by atoms with van der Waals surface area (Å²) in [6.45, 7) is 6.35. The fourth-order valence-electron chi connectivity index (χ4n) is 1.62. The van der Waals surface area contributed by atoms with Gasteiger partial charge in [0.25, 0.3) is 0 Å². The maximum atomic E-state index is 4.61. The van der Waals surface area contributed by atoms with E-state index in [1.165, 1.54) is 4.88 Å². The number of nitrogens with zero attached hydrogens (tertiary/aromatic N) is 1. The maximum absolute atomic E-state index is 4.61. The SMILES string of the molecule is Cc1csc(C(NC(C)C)c2cc(Br)c(Br)s2)n1. The molecule has 0 aliphatic rings. The lowest BCUT2D eigenvalue weighted by molar-refractivity contribution is 0.532. The van der Waals surface area contributed by atoms with Gasteiger partial charge in [0.05, 0.1) is 9.83 Å². The number of aryl methyl sites for hydroxylation is 1. The second-order valence-electron chi connectivity index (χ2n) is 4.35. The van der Waals surface area contributed by atoms with Gasteiger partial charge >= 0.3 is 0 Å². The molecule has 1 unspecified atom stereocenters. The first-order valence-corrected chi connectivity index (χ1v) is 8.88. The van der Waals surface area contributed by atoms with E-state index in [4.69, 9.17) is 0 Å². The monoisotopic (exact) mass is 408 g/mol. The molecule has 2 heterocycles.